The van der Waals surface area contributed by atoms with Gasteiger partial charge in [0.15, 0.2) is 0 Å². The molecule has 1 heterocycles. The van der Waals surface area contributed by atoms with Gasteiger partial charge in [-0.3, -0.25) is 4.68 Å². The highest BCUT2D eigenvalue weighted by molar-refractivity contribution is 5.30. The summed E-state index contributed by atoms with van der Waals surface area (Å²) < 4.78 is 1.79. The Hall–Kier alpha value is -1.25. The third-order valence-electron chi connectivity index (χ3n) is 1.18. The second-order valence-electron chi connectivity index (χ2n) is 2.06. The molecule has 0 aromatic carbocycles. The molecule has 0 spiro atoms. The first kappa shape index (κ1) is 6.86. The molecule has 0 saturated heterocycles. The summed E-state index contributed by atoms with van der Waals surface area (Å²) >= 11 is 0. The molecular weight excluding hydrogens is 126 g/mol. The van der Waals surface area contributed by atoms with Crippen molar-refractivity contribution < 1.29 is 0 Å². The van der Waals surface area contributed by atoms with Crippen LogP contribution in [0.15, 0.2) is 24.5 Å². The number of nitrogens with zero attached hydrogens (tertiary/aromatic N) is 2. The Balaban J connectivity index is 2.58. The Kier molecular flexibility index (Phi) is 2.10. The second kappa shape index (κ2) is 3.06. The van der Waals surface area contributed by atoms with Gasteiger partial charge in [0.1, 0.15) is 0 Å². The molecule has 0 aliphatic carbocycles. The van der Waals surface area contributed by atoms with Crippen molar-refractivity contribution in [1.29, 1.82) is 0 Å². The zero-order valence-electron chi connectivity index (χ0n) is 5.99. The number of nitrogen functional groups attached to an aromatic ring is 1. The number of allylic oxidation sites excluding steroid dienone is 2. The van der Waals surface area contributed by atoms with Crippen LogP contribution in [-0.2, 0) is 6.54 Å². The monoisotopic (exact) mass is 137 g/mol. The Morgan fingerprint density at radius 2 is 2.60 bits per heavy atom. The van der Waals surface area contributed by atoms with Crippen LogP contribution in [0.2, 0.25) is 0 Å². The number of hydrogen-bond donors (Lipinski definition) is 1. The summed E-state index contributed by atoms with van der Waals surface area (Å²) in [5.41, 5.74) is 6.16. The molecule has 54 valence electrons. The summed E-state index contributed by atoms with van der Waals surface area (Å²) in [5.74, 6) is 0. The van der Waals surface area contributed by atoms with E-state index in [4.69, 9.17) is 5.73 Å². The van der Waals surface area contributed by atoms with Gasteiger partial charge in [0.05, 0.1) is 18.4 Å². The lowest BCUT2D eigenvalue weighted by Gasteiger charge is -1.91. The van der Waals surface area contributed by atoms with Crippen LogP contribution in [0, 0.1) is 0 Å². The van der Waals surface area contributed by atoms with Gasteiger partial charge in [0.2, 0.25) is 0 Å². The number of aromatic nitrogens is 2. The maximum Gasteiger partial charge on any atom is 0.0719 e. The molecular formula is C7H11N3. The fourth-order valence-electron chi connectivity index (χ4n) is 0.693. The van der Waals surface area contributed by atoms with E-state index in [1.54, 1.807) is 17.1 Å². The molecule has 1 aromatic rings. The number of nitrogens with two attached hydrogens (primary N) is 1. The first-order valence-corrected chi connectivity index (χ1v) is 3.22. The zero-order valence-corrected chi connectivity index (χ0v) is 5.99. The molecule has 3 heteroatoms. The van der Waals surface area contributed by atoms with Crippen molar-refractivity contribution in [2.75, 3.05) is 5.73 Å². The van der Waals surface area contributed by atoms with Crippen LogP contribution in [0.4, 0.5) is 5.69 Å². The van der Waals surface area contributed by atoms with E-state index in [2.05, 4.69) is 5.10 Å². The largest absolute Gasteiger partial charge is 0.396 e. The van der Waals surface area contributed by atoms with E-state index in [9.17, 15) is 0 Å². The molecule has 10 heavy (non-hydrogen) atoms. The second-order valence-corrected chi connectivity index (χ2v) is 2.06. The fourth-order valence-corrected chi connectivity index (χ4v) is 0.693. The van der Waals surface area contributed by atoms with E-state index >= 15 is 0 Å². The van der Waals surface area contributed by atoms with Crippen LogP contribution >= 0.6 is 0 Å². The van der Waals surface area contributed by atoms with Gasteiger partial charge in [-0.1, -0.05) is 12.2 Å². The van der Waals surface area contributed by atoms with Gasteiger partial charge in [0.25, 0.3) is 0 Å². The van der Waals surface area contributed by atoms with Crippen molar-refractivity contribution in [3.8, 4) is 0 Å². The van der Waals surface area contributed by atoms with Crippen LogP contribution in [0.25, 0.3) is 0 Å². The van der Waals surface area contributed by atoms with E-state index in [-0.39, 0.29) is 0 Å². The third-order valence-corrected chi connectivity index (χ3v) is 1.18. The Labute approximate surface area is 60.1 Å². The molecule has 0 amide bonds. The lowest BCUT2D eigenvalue weighted by Crippen LogP contribution is -1.94. The molecule has 0 atom stereocenters. The molecule has 1 aromatic heterocycles. The number of rotatable bonds is 2. The maximum absolute atomic E-state index is 5.44. The topological polar surface area (TPSA) is 43.8 Å². The van der Waals surface area contributed by atoms with Crippen molar-refractivity contribution >= 4 is 5.69 Å². The van der Waals surface area contributed by atoms with E-state index in [0.717, 1.165) is 6.54 Å². The Morgan fingerprint density at radius 3 is 3.10 bits per heavy atom. The summed E-state index contributed by atoms with van der Waals surface area (Å²) in [7, 11) is 0. The Morgan fingerprint density at radius 1 is 1.80 bits per heavy atom. The van der Waals surface area contributed by atoms with Crippen molar-refractivity contribution in [3.63, 3.8) is 0 Å². The van der Waals surface area contributed by atoms with Gasteiger partial charge in [-0.15, -0.1) is 0 Å². The minimum atomic E-state index is 0.713. The van der Waals surface area contributed by atoms with E-state index < -0.39 is 0 Å². The van der Waals surface area contributed by atoms with Gasteiger partial charge in [0, 0.05) is 6.20 Å². The molecule has 0 aliphatic rings. The molecule has 0 fully saturated rings. The first-order chi connectivity index (χ1) is 4.83. The minimum absolute atomic E-state index is 0.713. The lowest BCUT2D eigenvalue weighted by atomic mass is 10.5. The molecule has 0 aliphatic heterocycles. The molecule has 0 unspecified atom stereocenters. The van der Waals surface area contributed by atoms with Crippen LogP contribution in [0.1, 0.15) is 6.92 Å². The first-order valence-electron chi connectivity index (χ1n) is 3.22. The normalized spacial score (nSPS) is 10.9. The standard InChI is InChI=1S/C7H11N3/c1-2-3-4-10-6-7(8)5-9-10/h2-3,5-6H,4,8H2,1H3/b3-2+. The van der Waals surface area contributed by atoms with Gasteiger partial charge >= 0.3 is 0 Å². The summed E-state index contributed by atoms with van der Waals surface area (Å²) in [6.07, 6.45) is 7.45. The highest BCUT2D eigenvalue weighted by atomic mass is 15.3. The highest BCUT2D eigenvalue weighted by Crippen LogP contribution is 1.96. The SMILES string of the molecule is C/C=C/Cn1cc(N)cn1. The predicted molar refractivity (Wildman–Crippen MR) is 41.5 cm³/mol. The van der Waals surface area contributed by atoms with Crippen molar-refractivity contribution in [3.05, 3.63) is 24.5 Å². The average molecular weight is 137 g/mol. The number of hydrogen-bond acceptors (Lipinski definition) is 2. The van der Waals surface area contributed by atoms with E-state index in [1.807, 2.05) is 19.1 Å². The Bertz CT molecular complexity index is 225. The molecule has 0 radical (unpaired) electrons. The average Bonchev–Trinajstić information content (AvgIpc) is 2.31. The van der Waals surface area contributed by atoms with Gasteiger partial charge in [-0.2, -0.15) is 5.10 Å². The smallest absolute Gasteiger partial charge is 0.0719 e. The van der Waals surface area contributed by atoms with Crippen molar-refractivity contribution in [2.24, 2.45) is 0 Å². The van der Waals surface area contributed by atoms with Crippen LogP contribution in [0.3, 0.4) is 0 Å². The van der Waals surface area contributed by atoms with Gasteiger partial charge < -0.3 is 5.73 Å². The van der Waals surface area contributed by atoms with Crippen molar-refractivity contribution in [1.82, 2.24) is 9.78 Å². The molecule has 1 rings (SSSR count). The summed E-state index contributed by atoms with van der Waals surface area (Å²) in [5, 5.41) is 3.99. The van der Waals surface area contributed by atoms with Crippen LogP contribution in [-0.4, -0.2) is 9.78 Å². The third kappa shape index (κ3) is 1.62. The zero-order chi connectivity index (χ0) is 7.40. The number of anilines is 1. The summed E-state index contributed by atoms with van der Waals surface area (Å²) in [6.45, 7) is 2.78. The van der Waals surface area contributed by atoms with Crippen molar-refractivity contribution in [2.45, 2.75) is 13.5 Å². The van der Waals surface area contributed by atoms with E-state index in [1.165, 1.54) is 0 Å². The maximum atomic E-state index is 5.44. The summed E-state index contributed by atoms with van der Waals surface area (Å²) in [4.78, 5) is 0. The lowest BCUT2D eigenvalue weighted by molar-refractivity contribution is 0.701. The summed E-state index contributed by atoms with van der Waals surface area (Å²) in [6, 6.07) is 0. The molecule has 2 N–H and O–H groups in total. The quantitative estimate of drug-likeness (QED) is 0.619. The van der Waals surface area contributed by atoms with Gasteiger partial charge in [-0.05, 0) is 6.92 Å². The van der Waals surface area contributed by atoms with Crippen LogP contribution in [0.5, 0.6) is 0 Å². The molecule has 0 bridgehead atoms. The highest BCUT2D eigenvalue weighted by Gasteiger charge is 1.88. The molecule has 0 saturated carbocycles. The van der Waals surface area contributed by atoms with E-state index in [0.29, 0.717) is 5.69 Å². The minimum Gasteiger partial charge on any atom is -0.396 e. The van der Waals surface area contributed by atoms with Crippen LogP contribution < -0.4 is 5.73 Å². The molecule has 3 nitrogen and oxygen atoms in total. The predicted octanol–water partition coefficient (Wildman–Crippen LogP) is 1.04. The fraction of sp³-hybridized carbons (Fsp3) is 0.286. The van der Waals surface area contributed by atoms with Gasteiger partial charge in [-0.25, -0.2) is 0 Å².